The van der Waals surface area contributed by atoms with Gasteiger partial charge in [0.1, 0.15) is 12.4 Å². The number of aromatic nitrogens is 3. The van der Waals surface area contributed by atoms with Crippen LogP contribution in [0.25, 0.3) is 0 Å². The summed E-state index contributed by atoms with van der Waals surface area (Å²) in [5.74, 6) is 0.795. The van der Waals surface area contributed by atoms with E-state index in [1.165, 1.54) is 0 Å². The molecule has 7 heteroatoms. The Labute approximate surface area is 141 Å². The third-order valence-corrected chi connectivity index (χ3v) is 4.34. The van der Waals surface area contributed by atoms with Crippen LogP contribution in [0.15, 0.2) is 42.9 Å². The average Bonchev–Trinajstić information content (AvgIpc) is 3.08. The number of carbonyl (C=O) groups excluding carboxylic acids is 1. The smallest absolute Gasteiger partial charge is 0.244 e. The first kappa shape index (κ1) is 16.4. The molecule has 1 aliphatic heterocycles. The maximum absolute atomic E-state index is 12.3. The summed E-state index contributed by atoms with van der Waals surface area (Å²) in [6, 6.07) is 7.54. The highest BCUT2D eigenvalue weighted by molar-refractivity contribution is 5.75. The Bertz CT molecular complexity index is 661. The summed E-state index contributed by atoms with van der Waals surface area (Å²) in [6.07, 6.45) is 6.70. The van der Waals surface area contributed by atoms with Crippen molar-refractivity contribution in [3.05, 3.63) is 42.9 Å². The van der Waals surface area contributed by atoms with Gasteiger partial charge in [0.15, 0.2) is 0 Å². The number of likely N-dealkylation sites (N-methyl/N-ethyl adjacent to an activating group) is 1. The Kier molecular flexibility index (Phi) is 4.80. The SMILES string of the molecule is CN(C[C@]1(O)CCCN(c2ccccn2)C1)C(=O)Cn1cccn1. The van der Waals surface area contributed by atoms with Crippen LogP contribution < -0.4 is 4.90 Å². The molecule has 2 aromatic heterocycles. The first-order chi connectivity index (χ1) is 11.6. The first-order valence-electron chi connectivity index (χ1n) is 8.15. The van der Waals surface area contributed by atoms with Gasteiger partial charge in [-0.2, -0.15) is 5.10 Å². The van der Waals surface area contributed by atoms with Gasteiger partial charge in [0.05, 0.1) is 12.1 Å². The number of β-amino-alcohol motifs (C(OH)–C–C–N with tert-alkyl or cyclic N) is 1. The van der Waals surface area contributed by atoms with Crippen LogP contribution in [-0.2, 0) is 11.3 Å². The largest absolute Gasteiger partial charge is 0.386 e. The lowest BCUT2D eigenvalue weighted by Crippen LogP contribution is -2.55. The second-order valence-corrected chi connectivity index (χ2v) is 6.39. The lowest BCUT2D eigenvalue weighted by atomic mass is 9.92. The molecule has 0 unspecified atom stereocenters. The first-order valence-corrected chi connectivity index (χ1v) is 8.15. The summed E-state index contributed by atoms with van der Waals surface area (Å²) in [5.41, 5.74) is -0.926. The normalized spacial score (nSPS) is 20.8. The van der Waals surface area contributed by atoms with E-state index in [2.05, 4.69) is 15.0 Å². The van der Waals surface area contributed by atoms with Gasteiger partial charge in [-0.05, 0) is 31.0 Å². The zero-order valence-corrected chi connectivity index (χ0v) is 13.9. The fourth-order valence-corrected chi connectivity index (χ4v) is 3.16. The van der Waals surface area contributed by atoms with E-state index >= 15 is 0 Å². The van der Waals surface area contributed by atoms with Crippen molar-refractivity contribution in [1.82, 2.24) is 19.7 Å². The van der Waals surface area contributed by atoms with Crippen molar-refractivity contribution in [2.45, 2.75) is 25.0 Å². The second kappa shape index (κ2) is 7.00. The number of anilines is 1. The highest BCUT2D eigenvalue weighted by atomic mass is 16.3. The molecular formula is C17H23N5O2. The van der Waals surface area contributed by atoms with Gasteiger partial charge >= 0.3 is 0 Å². The number of carbonyl (C=O) groups is 1. The van der Waals surface area contributed by atoms with Crippen molar-refractivity contribution in [1.29, 1.82) is 0 Å². The van der Waals surface area contributed by atoms with Crippen molar-refractivity contribution in [3.8, 4) is 0 Å². The third kappa shape index (κ3) is 3.91. The molecule has 1 saturated heterocycles. The molecule has 1 aliphatic rings. The summed E-state index contributed by atoms with van der Waals surface area (Å²) in [7, 11) is 1.73. The fraction of sp³-hybridized carbons (Fsp3) is 0.471. The summed E-state index contributed by atoms with van der Waals surface area (Å²) >= 11 is 0. The van der Waals surface area contributed by atoms with Gasteiger partial charge < -0.3 is 14.9 Å². The molecule has 24 heavy (non-hydrogen) atoms. The van der Waals surface area contributed by atoms with Gasteiger partial charge in [0.25, 0.3) is 0 Å². The molecule has 0 aliphatic carbocycles. The minimum absolute atomic E-state index is 0.0675. The third-order valence-electron chi connectivity index (χ3n) is 4.34. The lowest BCUT2D eigenvalue weighted by molar-refractivity contribution is -0.134. The van der Waals surface area contributed by atoms with Gasteiger partial charge in [-0.25, -0.2) is 4.98 Å². The van der Waals surface area contributed by atoms with Gasteiger partial charge in [-0.3, -0.25) is 9.48 Å². The molecule has 2 aromatic rings. The van der Waals surface area contributed by atoms with E-state index in [1.54, 1.807) is 41.3 Å². The van der Waals surface area contributed by atoms with Crippen molar-refractivity contribution in [2.75, 3.05) is 31.6 Å². The van der Waals surface area contributed by atoms with Gasteiger partial charge in [-0.15, -0.1) is 0 Å². The molecular weight excluding hydrogens is 306 g/mol. The molecule has 128 valence electrons. The van der Waals surface area contributed by atoms with E-state index in [0.717, 1.165) is 18.8 Å². The van der Waals surface area contributed by atoms with Crippen LogP contribution in [0.2, 0.25) is 0 Å². The fourth-order valence-electron chi connectivity index (χ4n) is 3.16. The van der Waals surface area contributed by atoms with Crippen LogP contribution in [0.4, 0.5) is 5.82 Å². The predicted molar refractivity (Wildman–Crippen MR) is 90.5 cm³/mol. The molecule has 1 N–H and O–H groups in total. The Morgan fingerprint density at radius 2 is 2.25 bits per heavy atom. The maximum Gasteiger partial charge on any atom is 0.244 e. The van der Waals surface area contributed by atoms with Crippen LogP contribution in [-0.4, -0.2) is 63.0 Å². The van der Waals surface area contributed by atoms with Crippen molar-refractivity contribution in [3.63, 3.8) is 0 Å². The Morgan fingerprint density at radius 3 is 2.96 bits per heavy atom. The number of rotatable bonds is 5. The topological polar surface area (TPSA) is 74.5 Å². The Hall–Kier alpha value is -2.41. The van der Waals surface area contributed by atoms with Gasteiger partial charge in [0, 0.05) is 38.7 Å². The monoisotopic (exact) mass is 329 g/mol. The zero-order chi connectivity index (χ0) is 17.0. The minimum Gasteiger partial charge on any atom is -0.386 e. The van der Waals surface area contributed by atoms with E-state index in [0.29, 0.717) is 19.5 Å². The number of hydrogen-bond donors (Lipinski definition) is 1. The minimum atomic E-state index is -0.926. The molecule has 1 amide bonds. The highest BCUT2D eigenvalue weighted by Crippen LogP contribution is 2.25. The van der Waals surface area contributed by atoms with Crippen LogP contribution in [0, 0.1) is 0 Å². The standard InChI is InChI=1S/C17H23N5O2/c1-20(16(23)12-22-11-5-9-19-22)13-17(24)7-4-10-21(14-17)15-6-2-3-8-18-15/h2-3,5-6,8-9,11,24H,4,7,10,12-14H2,1H3/t17-/m1/s1. The van der Waals surface area contributed by atoms with Gasteiger partial charge in [-0.1, -0.05) is 6.07 Å². The van der Waals surface area contributed by atoms with Crippen molar-refractivity contribution in [2.24, 2.45) is 0 Å². The molecule has 0 radical (unpaired) electrons. The summed E-state index contributed by atoms with van der Waals surface area (Å²) in [5, 5.41) is 15.0. The Morgan fingerprint density at radius 1 is 1.38 bits per heavy atom. The van der Waals surface area contributed by atoms with Crippen LogP contribution in [0.5, 0.6) is 0 Å². The van der Waals surface area contributed by atoms with E-state index in [9.17, 15) is 9.90 Å². The number of aliphatic hydroxyl groups is 1. The number of nitrogens with zero attached hydrogens (tertiary/aromatic N) is 5. The number of pyridine rings is 1. The summed E-state index contributed by atoms with van der Waals surface area (Å²) in [4.78, 5) is 20.3. The number of piperidine rings is 1. The molecule has 0 spiro atoms. The van der Waals surface area contributed by atoms with Crippen LogP contribution >= 0.6 is 0 Å². The number of amides is 1. The molecule has 0 aromatic carbocycles. The quantitative estimate of drug-likeness (QED) is 0.877. The molecule has 1 fully saturated rings. The van der Waals surface area contributed by atoms with Crippen molar-refractivity contribution >= 4 is 11.7 Å². The predicted octanol–water partition coefficient (Wildman–Crippen LogP) is 0.768. The van der Waals surface area contributed by atoms with Gasteiger partial charge in [0.2, 0.25) is 5.91 Å². The van der Waals surface area contributed by atoms with E-state index in [1.807, 2.05) is 18.2 Å². The lowest BCUT2D eigenvalue weighted by Gasteiger charge is -2.41. The summed E-state index contributed by atoms with van der Waals surface area (Å²) in [6.45, 7) is 1.83. The highest BCUT2D eigenvalue weighted by Gasteiger charge is 2.35. The zero-order valence-electron chi connectivity index (χ0n) is 13.9. The van der Waals surface area contributed by atoms with E-state index < -0.39 is 5.60 Å². The second-order valence-electron chi connectivity index (χ2n) is 6.39. The number of hydrogen-bond acceptors (Lipinski definition) is 5. The Balaban J connectivity index is 1.61. The molecule has 1 atom stereocenters. The van der Waals surface area contributed by atoms with Crippen LogP contribution in [0.1, 0.15) is 12.8 Å². The average molecular weight is 329 g/mol. The maximum atomic E-state index is 12.3. The van der Waals surface area contributed by atoms with Crippen molar-refractivity contribution < 1.29 is 9.90 Å². The van der Waals surface area contributed by atoms with E-state index in [-0.39, 0.29) is 12.5 Å². The molecule has 3 heterocycles. The molecule has 7 nitrogen and oxygen atoms in total. The molecule has 0 saturated carbocycles. The van der Waals surface area contributed by atoms with E-state index in [4.69, 9.17) is 0 Å². The van der Waals surface area contributed by atoms with Crippen LogP contribution in [0.3, 0.4) is 0 Å². The summed E-state index contributed by atoms with van der Waals surface area (Å²) < 4.78 is 1.59. The molecule has 0 bridgehead atoms. The molecule has 3 rings (SSSR count).